The smallest absolute Gasteiger partial charge is 0.329 e. The molecule has 0 radical (unpaired) electrons. The molecule has 0 heterocycles. The molecule has 0 saturated carbocycles. The molecule has 21 heavy (non-hydrogen) atoms. The van der Waals surface area contributed by atoms with E-state index in [1.165, 1.54) is 6.08 Å². The van der Waals surface area contributed by atoms with Gasteiger partial charge in [-0.25, -0.2) is 4.79 Å². The highest BCUT2D eigenvalue weighted by Gasteiger charge is 2.40. The maximum Gasteiger partial charge on any atom is 0.329 e. The van der Waals surface area contributed by atoms with Crippen LogP contribution < -0.4 is 0 Å². The molecule has 124 valence electrons. The summed E-state index contributed by atoms with van der Waals surface area (Å²) in [5.74, 6) is 0.240. The van der Waals surface area contributed by atoms with Gasteiger partial charge in [0.15, 0.2) is 8.32 Å². The normalized spacial score (nSPS) is 13.4. The second kappa shape index (κ2) is 7.87. The van der Waals surface area contributed by atoms with E-state index in [0.29, 0.717) is 12.1 Å². The average molecular weight is 349 g/mol. The molecule has 0 fully saturated rings. The van der Waals surface area contributed by atoms with Gasteiger partial charge in [0.2, 0.25) is 8.32 Å². The summed E-state index contributed by atoms with van der Waals surface area (Å²) in [4.78, 5) is 11.2. The largest absolute Gasteiger partial charge is 0.463 e. The first kappa shape index (κ1) is 20.8. The zero-order chi connectivity index (χ0) is 16.9. The lowest BCUT2D eigenvalue weighted by Gasteiger charge is -2.38. The molecule has 7 heteroatoms. The van der Waals surface area contributed by atoms with Gasteiger partial charge in [-0.1, -0.05) is 20.4 Å². The van der Waals surface area contributed by atoms with Crippen molar-refractivity contribution in [3.05, 3.63) is 12.7 Å². The number of esters is 1. The predicted octanol–water partition coefficient (Wildman–Crippen LogP) is 4.06. The van der Waals surface area contributed by atoms with Crippen LogP contribution in [0.3, 0.4) is 0 Å². The van der Waals surface area contributed by atoms with E-state index in [4.69, 9.17) is 13.0 Å². The molecule has 0 aromatic rings. The molecule has 0 saturated heterocycles. The topological polar surface area (TPSA) is 44.8 Å². The Morgan fingerprint density at radius 1 is 1.05 bits per heavy atom. The van der Waals surface area contributed by atoms with E-state index < -0.39 is 31.2 Å². The third-order valence-electron chi connectivity index (χ3n) is 2.67. The van der Waals surface area contributed by atoms with Crippen molar-refractivity contribution in [3.8, 4) is 0 Å². The van der Waals surface area contributed by atoms with Gasteiger partial charge in [-0.3, -0.25) is 0 Å². The van der Waals surface area contributed by atoms with Crippen molar-refractivity contribution in [3.63, 3.8) is 0 Å². The fourth-order valence-electron chi connectivity index (χ4n) is 2.71. The second-order valence-corrected chi connectivity index (χ2v) is 19.7. The van der Waals surface area contributed by atoms with Gasteiger partial charge < -0.3 is 13.0 Å². The summed E-state index contributed by atoms with van der Waals surface area (Å²) in [6, 6.07) is 1.13. The van der Waals surface area contributed by atoms with E-state index in [1.807, 2.05) is 0 Å². The Morgan fingerprint density at radius 3 is 1.95 bits per heavy atom. The van der Waals surface area contributed by atoms with E-state index in [1.54, 1.807) is 0 Å². The number of ether oxygens (including phenoxy) is 1. The zero-order valence-electron chi connectivity index (χ0n) is 14.9. The standard InChI is InChI=1S/C14H32O4Si3/c1-10-14(15)16-12-20(6,7)18-21(8,9)17-19(4,5)11-13(2)3/h10,13H,1,11-12H2,2-9H3. The monoisotopic (exact) mass is 348 g/mol. The molecule has 0 atom stereocenters. The number of carbonyl (C=O) groups excluding carboxylic acids is 1. The summed E-state index contributed by atoms with van der Waals surface area (Å²) < 4.78 is 17.9. The SMILES string of the molecule is C=CC(=O)OC[Si](C)(C)O[Si](C)(C)O[Si](C)(C)CC(C)C. The lowest BCUT2D eigenvalue weighted by Crippen LogP contribution is -2.54. The first-order valence-electron chi connectivity index (χ1n) is 7.48. The van der Waals surface area contributed by atoms with Crippen molar-refractivity contribution >= 4 is 31.2 Å². The van der Waals surface area contributed by atoms with E-state index >= 15 is 0 Å². The van der Waals surface area contributed by atoms with Crippen LogP contribution in [0.4, 0.5) is 0 Å². The minimum atomic E-state index is -2.22. The van der Waals surface area contributed by atoms with Crippen molar-refractivity contribution in [2.45, 2.75) is 59.2 Å². The second-order valence-electron chi connectivity index (χ2n) is 7.53. The molecule has 0 aromatic heterocycles. The van der Waals surface area contributed by atoms with Gasteiger partial charge in [0.25, 0.3) is 0 Å². The molecule has 0 aliphatic carbocycles. The van der Waals surface area contributed by atoms with Crippen LogP contribution >= 0.6 is 0 Å². The Hall–Kier alpha value is -0.219. The zero-order valence-corrected chi connectivity index (χ0v) is 17.9. The quantitative estimate of drug-likeness (QED) is 0.358. The fourth-order valence-corrected chi connectivity index (χ4v) is 16.9. The molecule has 0 rings (SSSR count). The Balaban J connectivity index is 4.63. The van der Waals surface area contributed by atoms with Gasteiger partial charge in [0.1, 0.15) is 6.23 Å². The summed E-state index contributed by atoms with van der Waals surface area (Å²) >= 11 is 0. The van der Waals surface area contributed by atoms with E-state index in [2.05, 4.69) is 59.7 Å². The average Bonchev–Trinajstić information content (AvgIpc) is 2.20. The van der Waals surface area contributed by atoms with E-state index in [-0.39, 0.29) is 0 Å². The van der Waals surface area contributed by atoms with Gasteiger partial charge in [-0.05, 0) is 51.2 Å². The van der Waals surface area contributed by atoms with Crippen LogP contribution in [0.5, 0.6) is 0 Å². The van der Waals surface area contributed by atoms with Crippen LogP contribution in [0, 0.1) is 5.92 Å². The Kier molecular flexibility index (Phi) is 7.78. The first-order valence-corrected chi connectivity index (χ1v) is 16.5. The Labute approximate surface area is 133 Å². The van der Waals surface area contributed by atoms with Crippen molar-refractivity contribution < 1.29 is 17.8 Å². The maximum absolute atomic E-state index is 11.2. The van der Waals surface area contributed by atoms with Crippen molar-refractivity contribution in [1.29, 1.82) is 0 Å². The third kappa shape index (κ3) is 10.2. The molecule has 0 spiro atoms. The van der Waals surface area contributed by atoms with Gasteiger partial charge in [0, 0.05) is 6.08 Å². The number of hydrogen-bond acceptors (Lipinski definition) is 4. The van der Waals surface area contributed by atoms with E-state index in [0.717, 1.165) is 6.04 Å². The Morgan fingerprint density at radius 2 is 1.52 bits per heavy atom. The lowest BCUT2D eigenvalue weighted by atomic mass is 10.3. The summed E-state index contributed by atoms with van der Waals surface area (Å²) in [6.07, 6.45) is 1.52. The van der Waals surface area contributed by atoms with Crippen LogP contribution in [0.15, 0.2) is 12.7 Å². The van der Waals surface area contributed by atoms with E-state index in [9.17, 15) is 4.79 Å². The molecule has 0 aromatic carbocycles. The summed E-state index contributed by atoms with van der Waals surface area (Å²) in [5, 5.41) is 0. The molecule has 0 amide bonds. The van der Waals surface area contributed by atoms with Crippen LogP contribution in [-0.2, 0) is 17.8 Å². The Bertz CT molecular complexity index is 365. The third-order valence-corrected chi connectivity index (χ3v) is 13.7. The van der Waals surface area contributed by atoms with Crippen LogP contribution in [0.1, 0.15) is 13.8 Å². The first-order chi connectivity index (χ1) is 9.29. The summed E-state index contributed by atoms with van der Waals surface area (Å²) in [5.41, 5.74) is 0. The van der Waals surface area contributed by atoms with Crippen molar-refractivity contribution in [1.82, 2.24) is 0 Å². The highest BCUT2D eigenvalue weighted by atomic mass is 28.5. The number of rotatable bonds is 9. The summed E-state index contributed by atoms with van der Waals surface area (Å²) in [6.45, 7) is 20.6. The number of hydrogen-bond donors (Lipinski definition) is 0. The molecule has 0 unspecified atom stereocenters. The predicted molar refractivity (Wildman–Crippen MR) is 95.4 cm³/mol. The fraction of sp³-hybridized carbons (Fsp3) is 0.786. The number of carbonyl (C=O) groups is 1. The molecule has 0 aliphatic rings. The van der Waals surface area contributed by atoms with Gasteiger partial charge in [-0.15, -0.1) is 0 Å². The maximum atomic E-state index is 11.2. The van der Waals surface area contributed by atoms with Crippen molar-refractivity contribution in [2.75, 3.05) is 6.23 Å². The minimum Gasteiger partial charge on any atom is -0.463 e. The highest BCUT2D eigenvalue weighted by Crippen LogP contribution is 2.25. The molecule has 0 N–H and O–H groups in total. The van der Waals surface area contributed by atoms with Gasteiger partial charge in [-0.2, -0.15) is 0 Å². The summed E-state index contributed by atoms with van der Waals surface area (Å²) in [7, 11) is -6.02. The molecular weight excluding hydrogens is 316 g/mol. The lowest BCUT2D eigenvalue weighted by molar-refractivity contribution is -0.136. The van der Waals surface area contributed by atoms with Crippen LogP contribution in [-0.4, -0.2) is 37.4 Å². The molecule has 0 bridgehead atoms. The molecule has 4 nitrogen and oxygen atoms in total. The molecular formula is C14H32O4Si3. The van der Waals surface area contributed by atoms with Crippen molar-refractivity contribution in [2.24, 2.45) is 5.92 Å². The highest BCUT2D eigenvalue weighted by molar-refractivity contribution is 6.87. The van der Waals surface area contributed by atoms with Crippen LogP contribution in [0.25, 0.3) is 0 Å². The van der Waals surface area contributed by atoms with Crippen LogP contribution in [0.2, 0.25) is 45.3 Å². The minimum absolute atomic E-state index is 0.337. The molecule has 0 aliphatic heterocycles. The van der Waals surface area contributed by atoms with Gasteiger partial charge >= 0.3 is 14.5 Å². The van der Waals surface area contributed by atoms with Gasteiger partial charge in [0.05, 0.1) is 0 Å².